The Bertz CT molecular complexity index is 2080. The van der Waals surface area contributed by atoms with Gasteiger partial charge in [-0.25, -0.2) is 0 Å². The Balaban J connectivity index is 1.65. The molecule has 0 saturated carbocycles. The van der Waals surface area contributed by atoms with Crippen molar-refractivity contribution in [1.82, 2.24) is 5.32 Å². The van der Waals surface area contributed by atoms with Gasteiger partial charge < -0.3 is 65.1 Å². The zero-order valence-electron chi connectivity index (χ0n) is 53.9. The normalized spacial score (nSPS) is 24.2. The first-order valence-corrected chi connectivity index (χ1v) is 33.7. The van der Waals surface area contributed by atoms with Crippen molar-refractivity contribution in [2.75, 3.05) is 19.8 Å². The van der Waals surface area contributed by atoms with E-state index in [1.807, 2.05) is 6.08 Å². The average molecular weight is 1230 g/mol. The fourth-order valence-corrected chi connectivity index (χ4v) is 9.86. The number of aliphatic hydroxyl groups is 8. The van der Waals surface area contributed by atoms with E-state index in [-0.39, 0.29) is 18.9 Å². The summed E-state index contributed by atoms with van der Waals surface area (Å²) in [5.74, 6) is -0.271. The molecule has 2 rings (SSSR count). The molecule has 2 fully saturated rings. The molecule has 0 bridgehead atoms. The van der Waals surface area contributed by atoms with Crippen LogP contribution in [0.5, 0.6) is 0 Å². The van der Waals surface area contributed by atoms with E-state index in [0.717, 1.165) is 128 Å². The number of carbonyl (C=O) groups is 1. The van der Waals surface area contributed by atoms with Gasteiger partial charge in [0.1, 0.15) is 48.8 Å². The summed E-state index contributed by atoms with van der Waals surface area (Å²) in [4.78, 5) is 13.3. The highest BCUT2D eigenvalue weighted by molar-refractivity contribution is 5.76. The summed E-state index contributed by atoms with van der Waals surface area (Å²) in [5, 5.41) is 87.1. The van der Waals surface area contributed by atoms with Gasteiger partial charge in [-0.15, -0.1) is 0 Å². The summed E-state index contributed by atoms with van der Waals surface area (Å²) in [6.07, 6.45) is 70.1. The smallest absolute Gasteiger partial charge is 0.220 e. The van der Waals surface area contributed by atoms with Gasteiger partial charge in [0.2, 0.25) is 5.91 Å². The Morgan fingerprint density at radius 2 is 0.784 bits per heavy atom. The van der Waals surface area contributed by atoms with E-state index in [1.54, 1.807) is 6.08 Å². The monoisotopic (exact) mass is 1230 g/mol. The minimum atomic E-state index is -1.80. The molecule has 2 heterocycles. The van der Waals surface area contributed by atoms with Crippen molar-refractivity contribution < 1.29 is 64.6 Å². The van der Waals surface area contributed by atoms with E-state index < -0.39 is 86.8 Å². The zero-order chi connectivity index (χ0) is 63.8. The van der Waals surface area contributed by atoms with E-state index in [0.29, 0.717) is 6.42 Å². The number of unbranched alkanes of at least 4 members (excludes halogenated alkanes) is 15. The Labute approximate surface area is 531 Å². The Hall–Kier alpha value is -4.39. The maximum Gasteiger partial charge on any atom is 0.220 e. The van der Waals surface area contributed by atoms with E-state index >= 15 is 0 Å². The van der Waals surface area contributed by atoms with Gasteiger partial charge in [-0.1, -0.05) is 249 Å². The lowest BCUT2D eigenvalue weighted by molar-refractivity contribution is -0.359. The molecule has 0 spiro atoms. The fourth-order valence-electron chi connectivity index (χ4n) is 9.86. The second-order valence-electron chi connectivity index (χ2n) is 22.9. The van der Waals surface area contributed by atoms with Gasteiger partial charge in [0.05, 0.1) is 32.0 Å². The number of rotatable bonds is 52. The Morgan fingerprint density at radius 1 is 0.420 bits per heavy atom. The highest BCUT2D eigenvalue weighted by Crippen LogP contribution is 2.30. The van der Waals surface area contributed by atoms with Gasteiger partial charge in [-0.2, -0.15) is 0 Å². The maximum atomic E-state index is 13.3. The molecule has 0 aromatic heterocycles. The molecule has 1 amide bonds. The van der Waals surface area contributed by atoms with E-state index in [2.05, 4.69) is 165 Å². The molecule has 12 atom stereocenters. The van der Waals surface area contributed by atoms with Crippen LogP contribution in [0.2, 0.25) is 0 Å². The average Bonchev–Trinajstić information content (AvgIpc) is 2.45. The second kappa shape index (κ2) is 56.6. The first kappa shape index (κ1) is 79.7. The van der Waals surface area contributed by atoms with Crippen molar-refractivity contribution in [3.05, 3.63) is 158 Å². The van der Waals surface area contributed by atoms with E-state index in [9.17, 15) is 45.6 Å². The maximum absolute atomic E-state index is 13.3. The molecule has 9 N–H and O–H groups in total. The highest BCUT2D eigenvalue weighted by Gasteiger charge is 2.51. The van der Waals surface area contributed by atoms with Crippen LogP contribution in [0.1, 0.15) is 206 Å². The van der Waals surface area contributed by atoms with Crippen molar-refractivity contribution in [2.24, 2.45) is 0 Å². The minimum absolute atomic E-state index is 0.241. The first-order chi connectivity index (χ1) is 43.1. The minimum Gasteiger partial charge on any atom is -0.394 e. The van der Waals surface area contributed by atoms with Crippen molar-refractivity contribution >= 4 is 5.91 Å². The number of aliphatic hydroxyl groups excluding tert-OH is 8. The molecular weight excluding hydrogens is 1110 g/mol. The lowest BCUT2D eigenvalue weighted by Crippen LogP contribution is -2.65. The van der Waals surface area contributed by atoms with Crippen LogP contribution in [-0.2, 0) is 23.7 Å². The molecule has 14 nitrogen and oxygen atoms in total. The van der Waals surface area contributed by atoms with Crippen LogP contribution in [0.3, 0.4) is 0 Å². The molecule has 0 radical (unpaired) electrons. The third kappa shape index (κ3) is 40.4. The molecule has 0 aromatic rings. The van der Waals surface area contributed by atoms with Crippen LogP contribution in [0.15, 0.2) is 158 Å². The molecule has 0 aliphatic carbocycles. The van der Waals surface area contributed by atoms with E-state index in [4.69, 9.17) is 18.9 Å². The van der Waals surface area contributed by atoms with Crippen LogP contribution >= 0.6 is 0 Å². The summed E-state index contributed by atoms with van der Waals surface area (Å²) in [5.41, 5.74) is 0. The number of allylic oxidation sites excluding steroid dienone is 25. The number of hydrogen-bond acceptors (Lipinski definition) is 13. The third-order valence-electron chi connectivity index (χ3n) is 15.2. The largest absolute Gasteiger partial charge is 0.394 e. The number of carbonyl (C=O) groups excluding carboxylic acids is 1. The summed E-state index contributed by atoms with van der Waals surface area (Å²) < 4.78 is 22.8. The van der Waals surface area contributed by atoms with Gasteiger partial charge in [0.25, 0.3) is 0 Å². The van der Waals surface area contributed by atoms with Crippen LogP contribution < -0.4 is 5.32 Å². The fraction of sp³-hybridized carbons (Fsp3) is 0.635. The van der Waals surface area contributed by atoms with Crippen LogP contribution in [0, 0.1) is 0 Å². The predicted molar refractivity (Wildman–Crippen MR) is 359 cm³/mol. The predicted octanol–water partition coefficient (Wildman–Crippen LogP) is 13.4. The molecular formula is C74H119NO13. The van der Waals surface area contributed by atoms with Gasteiger partial charge in [0.15, 0.2) is 12.6 Å². The second-order valence-corrected chi connectivity index (χ2v) is 22.9. The summed E-state index contributed by atoms with van der Waals surface area (Å²) in [7, 11) is 0. The van der Waals surface area contributed by atoms with Gasteiger partial charge in [-0.05, 0) is 109 Å². The SMILES string of the molecule is CC/C=C\C/C=C\C/C=C\C/C=C\C/C=C\C/C=C\C/C=C\C/C=C\C/C=C\C/C=C\C/C=C\C/C=C\CCCCCCC(=O)NC(COC1OC(CO)C(OC2OC(CO)C(O)C(O)C2O)C(O)C1O)C(O)/C=C/CCCCCCCCCCCCC. The molecule has 2 aliphatic heterocycles. The molecule has 12 unspecified atom stereocenters. The summed E-state index contributed by atoms with van der Waals surface area (Å²) in [6, 6.07) is -0.939. The Morgan fingerprint density at radius 3 is 1.20 bits per heavy atom. The van der Waals surface area contributed by atoms with Crippen molar-refractivity contribution in [1.29, 1.82) is 0 Å². The van der Waals surface area contributed by atoms with Gasteiger partial charge >= 0.3 is 0 Å². The van der Waals surface area contributed by atoms with Crippen molar-refractivity contribution in [2.45, 2.75) is 280 Å². The molecule has 88 heavy (non-hydrogen) atoms. The van der Waals surface area contributed by atoms with Crippen molar-refractivity contribution in [3.8, 4) is 0 Å². The molecule has 2 saturated heterocycles. The van der Waals surface area contributed by atoms with Crippen LogP contribution in [0.25, 0.3) is 0 Å². The number of ether oxygens (including phenoxy) is 4. The standard InChI is InChI=1S/C74H119NO13/c1-3-5-7-9-11-13-15-17-18-19-20-21-22-23-24-25-26-27-28-29-30-31-32-33-34-35-36-37-38-39-40-41-42-43-44-46-48-50-52-54-56-58-66(79)75-62(63(78)57-55-53-51-49-47-45-16-14-12-10-8-6-4-2)61-85-73-71(84)69(82)72(65(60-77)87-73)88-74-70(83)68(81)67(80)64(59-76)86-74/h5,7,11,13,17-18,20-21,23-24,26-27,29-30,32-33,35-36,38-39,41-42,44,46,55,57,62-65,67-74,76-78,80-84H,3-4,6,8-10,12,14-16,19,22,25,28,31,34,37,40,43,45,47-54,56,58-61H2,1-2H3,(H,75,79)/b7-5-,13-11-,18-17-,21-20-,24-23-,27-26-,30-29-,33-32-,36-35-,39-38-,42-41-,46-44-,57-55+. The van der Waals surface area contributed by atoms with Gasteiger partial charge in [0, 0.05) is 6.42 Å². The molecule has 0 aromatic carbocycles. The lowest BCUT2D eigenvalue weighted by Gasteiger charge is -2.46. The van der Waals surface area contributed by atoms with Gasteiger partial charge in [-0.3, -0.25) is 4.79 Å². The zero-order valence-corrected chi connectivity index (χ0v) is 53.9. The molecule has 498 valence electrons. The number of hydrogen-bond donors (Lipinski definition) is 9. The number of amides is 1. The number of nitrogens with one attached hydrogen (secondary N) is 1. The van der Waals surface area contributed by atoms with Crippen LogP contribution in [0.4, 0.5) is 0 Å². The highest BCUT2D eigenvalue weighted by atomic mass is 16.7. The summed E-state index contributed by atoms with van der Waals surface area (Å²) in [6.45, 7) is 2.63. The van der Waals surface area contributed by atoms with Crippen LogP contribution in [-0.4, -0.2) is 140 Å². The molecule has 14 heteroatoms. The quantitative estimate of drug-likeness (QED) is 0.0204. The first-order valence-electron chi connectivity index (χ1n) is 33.7. The topological polar surface area (TPSA) is 228 Å². The lowest BCUT2D eigenvalue weighted by atomic mass is 9.97. The molecule has 2 aliphatic rings. The third-order valence-corrected chi connectivity index (χ3v) is 15.2. The Kier molecular flexibility index (Phi) is 51.2. The van der Waals surface area contributed by atoms with E-state index in [1.165, 1.54) is 51.4 Å². The summed E-state index contributed by atoms with van der Waals surface area (Å²) >= 11 is 0. The van der Waals surface area contributed by atoms with Crippen molar-refractivity contribution in [3.63, 3.8) is 0 Å².